The topological polar surface area (TPSA) is 101 Å². The van der Waals surface area contributed by atoms with Crippen LogP contribution in [0.3, 0.4) is 0 Å². The van der Waals surface area contributed by atoms with E-state index < -0.39 is 31.1 Å². The molecule has 8 heteroatoms. The number of nitrogens with zero attached hydrogens (tertiary/aromatic N) is 3. The zero-order chi connectivity index (χ0) is 15.9. The van der Waals surface area contributed by atoms with E-state index in [0.29, 0.717) is 13.1 Å². The molecule has 8 nitrogen and oxygen atoms in total. The van der Waals surface area contributed by atoms with Gasteiger partial charge in [0.1, 0.15) is 13.1 Å². The van der Waals surface area contributed by atoms with Crippen molar-refractivity contribution in [1.29, 1.82) is 0 Å². The number of carbonyl (C=O) groups is 3. The Morgan fingerprint density at radius 1 is 1.05 bits per heavy atom. The van der Waals surface area contributed by atoms with Crippen LogP contribution < -0.4 is 0 Å². The van der Waals surface area contributed by atoms with Crippen molar-refractivity contribution in [3.8, 4) is 0 Å². The Bertz CT molecular complexity index is 343. The lowest BCUT2D eigenvalue weighted by Crippen LogP contribution is -2.52. The molecule has 0 radical (unpaired) electrons. The Kier molecular flexibility index (Phi) is 7.60. The summed E-state index contributed by atoms with van der Waals surface area (Å²) < 4.78 is 0. The Balaban J connectivity index is 4.97. The minimum absolute atomic E-state index is 0.146. The summed E-state index contributed by atoms with van der Waals surface area (Å²) in [5.41, 5.74) is 0. The van der Waals surface area contributed by atoms with Crippen molar-refractivity contribution < 1.29 is 24.6 Å². The van der Waals surface area contributed by atoms with Gasteiger partial charge in [0.15, 0.2) is 0 Å². The van der Waals surface area contributed by atoms with Gasteiger partial charge in [0.2, 0.25) is 0 Å². The van der Waals surface area contributed by atoms with Crippen molar-refractivity contribution in [2.75, 3.05) is 40.3 Å². The number of amides is 2. The zero-order valence-corrected chi connectivity index (χ0v) is 12.4. The van der Waals surface area contributed by atoms with Crippen LogP contribution in [0.25, 0.3) is 0 Å². The lowest BCUT2D eigenvalue weighted by atomic mass is 10.2. The van der Waals surface area contributed by atoms with Crippen molar-refractivity contribution >= 4 is 18.0 Å². The second kappa shape index (κ2) is 8.36. The van der Waals surface area contributed by atoms with Gasteiger partial charge in [0.25, 0.3) is 0 Å². The number of aliphatic carboxylic acids is 2. The normalized spacial score (nSPS) is 12.1. The first-order valence-electron chi connectivity index (χ1n) is 6.32. The van der Waals surface area contributed by atoms with Crippen LogP contribution in [0.4, 0.5) is 4.79 Å². The fourth-order valence-corrected chi connectivity index (χ4v) is 1.96. The molecule has 2 N–H and O–H groups in total. The number of hydrogen-bond acceptors (Lipinski definition) is 4. The number of carboxylic acids is 2. The van der Waals surface area contributed by atoms with E-state index in [1.165, 1.54) is 4.90 Å². The molecule has 2 amide bonds. The molecule has 116 valence electrons. The third-order valence-electron chi connectivity index (χ3n) is 2.67. The highest BCUT2D eigenvalue weighted by molar-refractivity contribution is 5.84. The van der Waals surface area contributed by atoms with E-state index in [0.717, 1.165) is 4.90 Å². The third kappa shape index (κ3) is 6.37. The van der Waals surface area contributed by atoms with Gasteiger partial charge in [-0.1, -0.05) is 0 Å². The number of carboxylic acid groups (broad SMARTS) is 2. The van der Waals surface area contributed by atoms with Crippen molar-refractivity contribution in [3.63, 3.8) is 0 Å². The van der Waals surface area contributed by atoms with Gasteiger partial charge in [-0.25, -0.2) is 4.79 Å². The molecule has 0 aromatic heterocycles. The smallest absolute Gasteiger partial charge is 0.323 e. The van der Waals surface area contributed by atoms with Gasteiger partial charge in [0, 0.05) is 19.1 Å². The summed E-state index contributed by atoms with van der Waals surface area (Å²) in [5, 5.41) is 17.5. The number of likely N-dealkylation sites (N-methyl/N-ethyl adjacent to an activating group) is 2. The van der Waals surface area contributed by atoms with Gasteiger partial charge in [-0.3, -0.25) is 9.59 Å². The van der Waals surface area contributed by atoms with Gasteiger partial charge in [0.05, 0.1) is 0 Å². The van der Waals surface area contributed by atoms with E-state index in [-0.39, 0.29) is 6.04 Å². The van der Waals surface area contributed by atoms with Crippen LogP contribution in [0, 0.1) is 0 Å². The van der Waals surface area contributed by atoms with E-state index in [9.17, 15) is 14.4 Å². The molecule has 0 aromatic carbocycles. The van der Waals surface area contributed by atoms with Crippen LogP contribution in [-0.4, -0.2) is 89.2 Å². The average Bonchev–Trinajstić information content (AvgIpc) is 2.26. The molecule has 20 heavy (non-hydrogen) atoms. The maximum atomic E-state index is 12.3. The van der Waals surface area contributed by atoms with Gasteiger partial charge in [-0.15, -0.1) is 0 Å². The van der Waals surface area contributed by atoms with E-state index in [4.69, 9.17) is 10.2 Å². The van der Waals surface area contributed by atoms with Crippen LogP contribution in [0.2, 0.25) is 0 Å². The van der Waals surface area contributed by atoms with Crippen molar-refractivity contribution in [2.45, 2.75) is 19.9 Å². The molecule has 1 atom stereocenters. The molecule has 0 spiro atoms. The molecule has 0 aromatic rings. The highest BCUT2D eigenvalue weighted by Gasteiger charge is 2.27. The van der Waals surface area contributed by atoms with E-state index >= 15 is 0 Å². The van der Waals surface area contributed by atoms with Crippen LogP contribution in [0.15, 0.2) is 0 Å². The Labute approximate surface area is 118 Å². The average molecular weight is 289 g/mol. The summed E-state index contributed by atoms with van der Waals surface area (Å²) in [6, 6.07) is -0.723. The molecule has 0 aliphatic carbocycles. The van der Waals surface area contributed by atoms with Crippen LogP contribution in [0.5, 0.6) is 0 Å². The first kappa shape index (κ1) is 18.2. The van der Waals surface area contributed by atoms with Crippen LogP contribution in [0.1, 0.15) is 13.8 Å². The van der Waals surface area contributed by atoms with Crippen LogP contribution in [-0.2, 0) is 9.59 Å². The fourth-order valence-electron chi connectivity index (χ4n) is 1.96. The molecule has 0 bridgehead atoms. The summed E-state index contributed by atoms with van der Waals surface area (Å²) >= 11 is 0. The second-order valence-electron chi connectivity index (χ2n) is 4.82. The predicted octanol–water partition coefficient (Wildman–Crippen LogP) is -0.150. The summed E-state index contributed by atoms with van der Waals surface area (Å²) in [6.45, 7) is 3.33. The van der Waals surface area contributed by atoms with Gasteiger partial charge < -0.3 is 24.9 Å². The SMILES string of the molecule is CCN(C(=O)N(CC(=O)O)CC(=O)O)C(C)CN(C)C. The Morgan fingerprint density at radius 2 is 1.50 bits per heavy atom. The minimum Gasteiger partial charge on any atom is -0.480 e. The second-order valence-corrected chi connectivity index (χ2v) is 4.82. The third-order valence-corrected chi connectivity index (χ3v) is 2.67. The molecule has 0 rings (SSSR count). The van der Waals surface area contributed by atoms with Crippen molar-refractivity contribution in [2.24, 2.45) is 0 Å². The summed E-state index contributed by atoms with van der Waals surface area (Å²) in [4.78, 5) is 37.9. The van der Waals surface area contributed by atoms with Crippen LogP contribution >= 0.6 is 0 Å². The van der Waals surface area contributed by atoms with Gasteiger partial charge in [-0.05, 0) is 27.9 Å². The largest absolute Gasteiger partial charge is 0.480 e. The zero-order valence-electron chi connectivity index (χ0n) is 12.4. The highest BCUT2D eigenvalue weighted by Crippen LogP contribution is 2.06. The summed E-state index contributed by atoms with van der Waals surface area (Å²) in [7, 11) is 3.72. The monoisotopic (exact) mass is 289 g/mol. The van der Waals surface area contributed by atoms with Crippen molar-refractivity contribution in [3.05, 3.63) is 0 Å². The molecule has 0 aliphatic rings. The quantitative estimate of drug-likeness (QED) is 0.644. The maximum absolute atomic E-state index is 12.3. The number of rotatable bonds is 8. The standard InChI is InChI=1S/C12H23N3O5/c1-5-15(9(2)6-13(3)4)12(20)14(7-10(16)17)8-11(18)19/h9H,5-8H2,1-4H3,(H,16,17)(H,18,19). The predicted molar refractivity (Wildman–Crippen MR) is 72.6 cm³/mol. The minimum atomic E-state index is -1.24. The van der Waals surface area contributed by atoms with E-state index in [2.05, 4.69) is 0 Å². The maximum Gasteiger partial charge on any atom is 0.323 e. The summed E-state index contributed by atoms with van der Waals surface area (Å²) in [5.74, 6) is -2.48. The lowest BCUT2D eigenvalue weighted by Gasteiger charge is -2.33. The number of carbonyl (C=O) groups excluding carboxylic acids is 1. The molecular formula is C12H23N3O5. The fraction of sp³-hybridized carbons (Fsp3) is 0.750. The first-order valence-corrected chi connectivity index (χ1v) is 6.32. The molecule has 0 aliphatic heterocycles. The van der Waals surface area contributed by atoms with E-state index in [1.807, 2.05) is 25.9 Å². The highest BCUT2D eigenvalue weighted by atomic mass is 16.4. The Morgan fingerprint density at radius 3 is 1.80 bits per heavy atom. The van der Waals surface area contributed by atoms with Gasteiger partial charge >= 0.3 is 18.0 Å². The first-order chi connectivity index (χ1) is 9.18. The summed E-state index contributed by atoms with van der Waals surface area (Å²) in [6.07, 6.45) is 0. The Hall–Kier alpha value is -1.83. The number of hydrogen-bond donors (Lipinski definition) is 2. The molecule has 0 fully saturated rings. The molecular weight excluding hydrogens is 266 g/mol. The lowest BCUT2D eigenvalue weighted by molar-refractivity contribution is -0.140. The number of urea groups is 1. The molecule has 0 saturated heterocycles. The molecule has 0 saturated carbocycles. The van der Waals surface area contributed by atoms with Gasteiger partial charge in [-0.2, -0.15) is 0 Å². The molecule has 1 unspecified atom stereocenters. The molecule has 0 heterocycles. The van der Waals surface area contributed by atoms with Crippen molar-refractivity contribution in [1.82, 2.24) is 14.7 Å². The van der Waals surface area contributed by atoms with E-state index in [1.54, 1.807) is 6.92 Å².